The average Bonchev–Trinajstić information content (AvgIpc) is 2.91. The first-order valence-electron chi connectivity index (χ1n) is 6.83. The van der Waals surface area contributed by atoms with Gasteiger partial charge in [-0.3, -0.25) is 0 Å². The third-order valence-corrected chi connectivity index (χ3v) is 4.84. The van der Waals surface area contributed by atoms with Crippen molar-refractivity contribution in [2.24, 2.45) is 0 Å². The zero-order valence-corrected chi connectivity index (χ0v) is 13.2. The van der Waals surface area contributed by atoms with E-state index in [9.17, 15) is 5.11 Å². The highest BCUT2D eigenvalue weighted by Crippen LogP contribution is 2.32. The van der Waals surface area contributed by atoms with E-state index in [0.29, 0.717) is 5.75 Å². The fourth-order valence-electron chi connectivity index (χ4n) is 2.43. The van der Waals surface area contributed by atoms with Gasteiger partial charge in [-0.05, 0) is 24.4 Å². The van der Waals surface area contributed by atoms with Crippen LogP contribution in [0.25, 0.3) is 10.8 Å². The minimum absolute atomic E-state index is 0.0653. The summed E-state index contributed by atoms with van der Waals surface area (Å²) in [6.07, 6.45) is 0. The Morgan fingerprint density at radius 2 is 1.95 bits per heavy atom. The molecule has 0 saturated heterocycles. The van der Waals surface area contributed by atoms with Gasteiger partial charge in [0.15, 0.2) is 0 Å². The number of fused-ring (bicyclic) bond motifs is 1. The molecule has 0 amide bonds. The number of hydrogen-bond acceptors (Lipinski definition) is 3. The van der Waals surface area contributed by atoms with Crippen LogP contribution in [0.3, 0.4) is 0 Å². The molecule has 2 aromatic carbocycles. The summed E-state index contributed by atoms with van der Waals surface area (Å²) in [6, 6.07) is 15.9. The molecule has 1 heterocycles. The normalized spacial score (nSPS) is 12.7. The summed E-state index contributed by atoms with van der Waals surface area (Å²) in [5, 5.41) is 15.8. The van der Waals surface area contributed by atoms with E-state index >= 15 is 0 Å². The van der Waals surface area contributed by atoms with Crippen molar-refractivity contribution in [2.75, 3.05) is 0 Å². The van der Waals surface area contributed by atoms with Crippen LogP contribution in [0.5, 0.6) is 5.75 Å². The summed E-state index contributed by atoms with van der Waals surface area (Å²) in [4.78, 5) is 1.19. The summed E-state index contributed by atoms with van der Waals surface area (Å²) >= 11 is 7.51. The highest BCUT2D eigenvalue weighted by molar-refractivity contribution is 7.16. The fraction of sp³-hybridized carbons (Fsp3) is 0.176. The van der Waals surface area contributed by atoms with Crippen LogP contribution in [-0.4, -0.2) is 5.11 Å². The summed E-state index contributed by atoms with van der Waals surface area (Å²) in [5.41, 5.74) is 0.913. The van der Waals surface area contributed by atoms with Crippen molar-refractivity contribution in [3.05, 3.63) is 63.3 Å². The van der Waals surface area contributed by atoms with Gasteiger partial charge < -0.3 is 10.4 Å². The molecule has 3 rings (SSSR count). The maximum absolute atomic E-state index is 10.5. The van der Waals surface area contributed by atoms with Gasteiger partial charge in [0.25, 0.3) is 0 Å². The maximum Gasteiger partial charge on any atom is 0.128 e. The SMILES string of the molecule is CC(NCc1ccc(Cl)s1)c1ccc2ccccc2c1O. The monoisotopic (exact) mass is 317 g/mol. The van der Waals surface area contributed by atoms with Crippen LogP contribution < -0.4 is 5.32 Å². The number of phenols is 1. The second-order valence-corrected chi connectivity index (χ2v) is 6.83. The molecule has 0 saturated carbocycles. The molecule has 0 aliphatic rings. The topological polar surface area (TPSA) is 32.3 Å². The molecule has 4 heteroatoms. The average molecular weight is 318 g/mol. The Kier molecular flexibility index (Phi) is 4.15. The lowest BCUT2D eigenvalue weighted by atomic mass is 10.0. The predicted molar refractivity (Wildman–Crippen MR) is 90.2 cm³/mol. The largest absolute Gasteiger partial charge is 0.507 e. The Hall–Kier alpha value is -1.55. The Balaban J connectivity index is 1.81. The molecule has 0 radical (unpaired) electrons. The molecule has 108 valence electrons. The second-order valence-electron chi connectivity index (χ2n) is 5.03. The lowest BCUT2D eigenvalue weighted by molar-refractivity contribution is 0.459. The minimum Gasteiger partial charge on any atom is -0.507 e. The summed E-state index contributed by atoms with van der Waals surface area (Å²) in [7, 11) is 0. The number of phenolic OH excluding ortho intramolecular Hbond substituents is 1. The number of hydrogen-bond donors (Lipinski definition) is 2. The molecule has 0 aliphatic heterocycles. The maximum atomic E-state index is 10.5. The van der Waals surface area contributed by atoms with Crippen molar-refractivity contribution in [2.45, 2.75) is 19.5 Å². The molecule has 1 aromatic heterocycles. The van der Waals surface area contributed by atoms with Crippen molar-refractivity contribution in [3.8, 4) is 5.75 Å². The smallest absolute Gasteiger partial charge is 0.128 e. The molecule has 3 aromatic rings. The minimum atomic E-state index is 0.0653. The van der Waals surface area contributed by atoms with E-state index in [1.165, 1.54) is 4.88 Å². The molecule has 2 N–H and O–H groups in total. The molecule has 0 bridgehead atoms. The number of halogens is 1. The number of aromatic hydroxyl groups is 1. The quantitative estimate of drug-likeness (QED) is 0.700. The highest BCUT2D eigenvalue weighted by Gasteiger charge is 2.12. The van der Waals surface area contributed by atoms with Crippen molar-refractivity contribution < 1.29 is 5.11 Å². The Morgan fingerprint density at radius 3 is 2.71 bits per heavy atom. The second kappa shape index (κ2) is 6.06. The fourth-order valence-corrected chi connectivity index (χ4v) is 3.47. The summed E-state index contributed by atoms with van der Waals surface area (Å²) < 4.78 is 0.799. The van der Waals surface area contributed by atoms with Gasteiger partial charge in [0, 0.05) is 28.4 Å². The third kappa shape index (κ3) is 3.05. The van der Waals surface area contributed by atoms with Crippen LogP contribution in [-0.2, 0) is 6.54 Å². The molecule has 2 nitrogen and oxygen atoms in total. The number of benzene rings is 2. The van der Waals surface area contributed by atoms with Gasteiger partial charge in [-0.2, -0.15) is 0 Å². The van der Waals surface area contributed by atoms with Gasteiger partial charge in [-0.15, -0.1) is 11.3 Å². The van der Waals surface area contributed by atoms with Crippen LogP contribution in [0.4, 0.5) is 0 Å². The van der Waals surface area contributed by atoms with E-state index in [1.54, 1.807) is 11.3 Å². The first kappa shape index (κ1) is 14.4. The lowest BCUT2D eigenvalue weighted by Crippen LogP contribution is -2.17. The first-order chi connectivity index (χ1) is 10.1. The van der Waals surface area contributed by atoms with Gasteiger partial charge in [-0.1, -0.05) is 48.0 Å². The van der Waals surface area contributed by atoms with E-state index in [4.69, 9.17) is 11.6 Å². The Labute approximate surface area is 133 Å². The van der Waals surface area contributed by atoms with E-state index in [1.807, 2.05) is 48.5 Å². The molecule has 21 heavy (non-hydrogen) atoms. The van der Waals surface area contributed by atoms with Crippen molar-refractivity contribution in [3.63, 3.8) is 0 Å². The van der Waals surface area contributed by atoms with Crippen LogP contribution >= 0.6 is 22.9 Å². The van der Waals surface area contributed by atoms with Crippen molar-refractivity contribution in [1.82, 2.24) is 5.32 Å². The molecule has 0 spiro atoms. The van der Waals surface area contributed by atoms with Gasteiger partial charge >= 0.3 is 0 Å². The van der Waals surface area contributed by atoms with E-state index < -0.39 is 0 Å². The van der Waals surface area contributed by atoms with Crippen LogP contribution in [0.1, 0.15) is 23.4 Å². The van der Waals surface area contributed by atoms with Crippen molar-refractivity contribution in [1.29, 1.82) is 0 Å². The Bertz CT molecular complexity index is 768. The summed E-state index contributed by atoms with van der Waals surface area (Å²) in [6.45, 7) is 2.80. The molecule has 0 aliphatic carbocycles. The van der Waals surface area contributed by atoms with Crippen LogP contribution in [0, 0.1) is 0 Å². The van der Waals surface area contributed by atoms with Gasteiger partial charge in [-0.25, -0.2) is 0 Å². The zero-order chi connectivity index (χ0) is 14.8. The van der Waals surface area contributed by atoms with Crippen LogP contribution in [0.15, 0.2) is 48.5 Å². The zero-order valence-electron chi connectivity index (χ0n) is 11.6. The lowest BCUT2D eigenvalue weighted by Gasteiger charge is -2.16. The van der Waals surface area contributed by atoms with E-state index in [2.05, 4.69) is 12.2 Å². The first-order valence-corrected chi connectivity index (χ1v) is 8.03. The molecular formula is C17H16ClNOS. The number of thiophene rings is 1. The van der Waals surface area contributed by atoms with Crippen molar-refractivity contribution >= 4 is 33.7 Å². The predicted octanol–water partition coefficient (Wildman–Crippen LogP) is 5.11. The Morgan fingerprint density at radius 1 is 1.14 bits per heavy atom. The molecule has 0 fully saturated rings. The number of rotatable bonds is 4. The van der Waals surface area contributed by atoms with Gasteiger partial charge in [0.1, 0.15) is 5.75 Å². The standard InChI is InChI=1S/C17H16ClNOS/c1-11(19-10-13-7-9-16(18)21-13)14-8-6-12-4-2-3-5-15(12)17(14)20/h2-9,11,19-20H,10H2,1H3. The van der Waals surface area contributed by atoms with E-state index in [0.717, 1.165) is 27.2 Å². The highest BCUT2D eigenvalue weighted by atomic mass is 35.5. The molecule has 1 atom stereocenters. The van der Waals surface area contributed by atoms with Crippen LogP contribution in [0.2, 0.25) is 4.34 Å². The van der Waals surface area contributed by atoms with Gasteiger partial charge in [0.2, 0.25) is 0 Å². The van der Waals surface area contributed by atoms with E-state index in [-0.39, 0.29) is 6.04 Å². The van der Waals surface area contributed by atoms with Gasteiger partial charge in [0.05, 0.1) is 4.34 Å². The number of nitrogens with one attached hydrogen (secondary N) is 1. The molecular weight excluding hydrogens is 302 g/mol. The molecule has 1 unspecified atom stereocenters. The third-order valence-electron chi connectivity index (χ3n) is 3.61. The summed E-state index contributed by atoms with van der Waals surface area (Å²) in [5.74, 6) is 0.359.